The number of nitrogens with zero attached hydrogens (tertiary/aromatic N) is 2. The van der Waals surface area contributed by atoms with Gasteiger partial charge in [-0.05, 0) is 48.0 Å². The van der Waals surface area contributed by atoms with Gasteiger partial charge in [-0.25, -0.2) is 13.4 Å². The maximum absolute atomic E-state index is 12.9. The molecule has 0 saturated heterocycles. The monoisotopic (exact) mass is 500 g/mol. The minimum absolute atomic E-state index is 0.0204. The molecule has 0 fully saturated rings. The van der Waals surface area contributed by atoms with Crippen LogP contribution in [-0.2, 0) is 28.7 Å². The van der Waals surface area contributed by atoms with Gasteiger partial charge in [-0.2, -0.15) is 26.3 Å². The van der Waals surface area contributed by atoms with Crippen LogP contribution in [0.4, 0.5) is 26.3 Å². The van der Waals surface area contributed by atoms with Crippen LogP contribution in [0.3, 0.4) is 0 Å². The maximum atomic E-state index is 12.9. The lowest BCUT2D eigenvalue weighted by Crippen LogP contribution is -2.08. The lowest BCUT2D eigenvalue weighted by Gasteiger charge is -2.10. The topological polar surface area (TPSA) is 72.2 Å². The van der Waals surface area contributed by atoms with Crippen molar-refractivity contribution in [3.8, 4) is 5.88 Å². The van der Waals surface area contributed by atoms with E-state index in [1.54, 1.807) is 0 Å². The Morgan fingerprint density at radius 1 is 0.853 bits per heavy atom. The zero-order valence-corrected chi connectivity index (χ0v) is 17.7. The zero-order valence-electron chi connectivity index (χ0n) is 16.9. The van der Waals surface area contributed by atoms with E-state index in [0.717, 1.165) is 30.3 Å². The number of fused-ring (bicyclic) bond motifs is 1. The van der Waals surface area contributed by atoms with Crippen LogP contribution >= 0.6 is 0 Å². The van der Waals surface area contributed by atoms with Gasteiger partial charge in [-0.3, -0.25) is 0 Å². The van der Waals surface area contributed by atoms with Gasteiger partial charge in [0.15, 0.2) is 0 Å². The van der Waals surface area contributed by atoms with Crippen LogP contribution in [0.5, 0.6) is 5.88 Å². The minimum atomic E-state index is -4.70. The van der Waals surface area contributed by atoms with Gasteiger partial charge < -0.3 is 9.67 Å². The van der Waals surface area contributed by atoms with Gasteiger partial charge in [0.05, 0.1) is 32.8 Å². The predicted molar refractivity (Wildman–Crippen MR) is 109 cm³/mol. The minimum Gasteiger partial charge on any atom is -0.494 e. The molecular formula is C22H14F6N2O3S. The highest BCUT2D eigenvalue weighted by atomic mass is 32.2. The largest absolute Gasteiger partial charge is 0.494 e. The van der Waals surface area contributed by atoms with Gasteiger partial charge in [-0.1, -0.05) is 18.2 Å². The summed E-state index contributed by atoms with van der Waals surface area (Å²) in [6.45, 7) is -0.0204. The zero-order chi connectivity index (χ0) is 24.9. The molecule has 178 valence electrons. The molecule has 0 aliphatic heterocycles. The molecule has 2 heterocycles. The van der Waals surface area contributed by atoms with Crippen LogP contribution in [0.2, 0.25) is 0 Å². The molecular weight excluding hydrogens is 486 g/mol. The fourth-order valence-electron chi connectivity index (χ4n) is 3.35. The van der Waals surface area contributed by atoms with Crippen LogP contribution in [0.1, 0.15) is 16.8 Å². The van der Waals surface area contributed by atoms with E-state index in [4.69, 9.17) is 0 Å². The Morgan fingerprint density at radius 2 is 1.53 bits per heavy atom. The maximum Gasteiger partial charge on any atom is 0.433 e. The summed E-state index contributed by atoms with van der Waals surface area (Å²) in [5, 5.41) is 10.4. The number of benzene rings is 2. The first-order chi connectivity index (χ1) is 15.8. The fraction of sp³-hybridized carbons (Fsp3) is 0.136. The molecule has 4 rings (SSSR count). The Balaban J connectivity index is 1.61. The third-order valence-electron chi connectivity index (χ3n) is 5.06. The fourth-order valence-corrected chi connectivity index (χ4v) is 4.66. The highest BCUT2D eigenvalue weighted by molar-refractivity contribution is 7.91. The molecule has 0 radical (unpaired) electrons. The Hall–Kier alpha value is -3.54. The highest BCUT2D eigenvalue weighted by Crippen LogP contribution is 2.34. The van der Waals surface area contributed by atoms with Gasteiger partial charge >= 0.3 is 12.4 Å². The average Bonchev–Trinajstić information content (AvgIpc) is 3.08. The molecule has 2 aromatic carbocycles. The lowest BCUT2D eigenvalue weighted by atomic mass is 10.2. The number of aromatic hydroxyl groups is 1. The van der Waals surface area contributed by atoms with Gasteiger partial charge in [0, 0.05) is 6.20 Å². The van der Waals surface area contributed by atoms with E-state index in [1.165, 1.54) is 35.0 Å². The number of pyridine rings is 1. The van der Waals surface area contributed by atoms with E-state index >= 15 is 0 Å². The van der Waals surface area contributed by atoms with Crippen molar-refractivity contribution >= 4 is 20.7 Å². The van der Waals surface area contributed by atoms with Crippen molar-refractivity contribution in [2.45, 2.75) is 28.7 Å². The van der Waals surface area contributed by atoms with Gasteiger partial charge in [0.1, 0.15) is 5.69 Å². The number of aromatic nitrogens is 2. The van der Waals surface area contributed by atoms with E-state index < -0.39 is 38.3 Å². The lowest BCUT2D eigenvalue weighted by molar-refractivity contribution is -0.141. The van der Waals surface area contributed by atoms with E-state index in [9.17, 15) is 39.9 Å². The number of hydrogen-bond donors (Lipinski definition) is 1. The van der Waals surface area contributed by atoms with Gasteiger partial charge in [-0.15, -0.1) is 0 Å². The van der Waals surface area contributed by atoms with Crippen molar-refractivity contribution in [1.29, 1.82) is 0 Å². The molecule has 0 unspecified atom stereocenters. The SMILES string of the molecule is O=S(=O)(c1ccc(Cn2cc3nc(C(F)(F)F)ccc3c2O)cc1)c1cccc(C(F)(F)F)c1. The third-order valence-corrected chi connectivity index (χ3v) is 6.83. The highest BCUT2D eigenvalue weighted by Gasteiger charge is 2.33. The molecule has 0 saturated carbocycles. The van der Waals surface area contributed by atoms with Crippen molar-refractivity contribution in [2.75, 3.05) is 0 Å². The second kappa shape index (κ2) is 8.05. The van der Waals surface area contributed by atoms with E-state index in [2.05, 4.69) is 4.98 Å². The summed E-state index contributed by atoms with van der Waals surface area (Å²) in [7, 11) is -4.23. The van der Waals surface area contributed by atoms with Crippen molar-refractivity contribution < 1.29 is 39.9 Å². The molecule has 0 aliphatic rings. The third kappa shape index (κ3) is 4.45. The molecule has 0 aliphatic carbocycles. The van der Waals surface area contributed by atoms with Crippen LogP contribution in [0, 0.1) is 0 Å². The van der Waals surface area contributed by atoms with E-state index in [-0.39, 0.29) is 28.2 Å². The van der Waals surface area contributed by atoms with E-state index in [0.29, 0.717) is 11.6 Å². The number of alkyl halides is 6. The molecule has 0 bridgehead atoms. The number of rotatable bonds is 4. The van der Waals surface area contributed by atoms with Crippen LogP contribution in [0.25, 0.3) is 10.9 Å². The molecule has 0 spiro atoms. The molecule has 1 N–H and O–H groups in total. The van der Waals surface area contributed by atoms with Crippen LogP contribution in [0.15, 0.2) is 76.7 Å². The van der Waals surface area contributed by atoms with Crippen molar-refractivity contribution in [3.63, 3.8) is 0 Å². The number of halogens is 6. The summed E-state index contributed by atoms with van der Waals surface area (Å²) in [6.07, 6.45) is -8.12. The Kier molecular flexibility index (Phi) is 5.59. The van der Waals surface area contributed by atoms with Gasteiger partial charge in [0.25, 0.3) is 0 Å². The molecule has 34 heavy (non-hydrogen) atoms. The Bertz CT molecular complexity index is 1470. The molecule has 2 aromatic heterocycles. The average molecular weight is 500 g/mol. The summed E-state index contributed by atoms with van der Waals surface area (Å²) < 4.78 is 104. The quantitative estimate of drug-likeness (QED) is 0.367. The number of sulfone groups is 1. The van der Waals surface area contributed by atoms with Crippen LogP contribution in [-0.4, -0.2) is 23.1 Å². The second-order valence-electron chi connectivity index (χ2n) is 7.38. The van der Waals surface area contributed by atoms with Crippen LogP contribution < -0.4 is 0 Å². The summed E-state index contributed by atoms with van der Waals surface area (Å²) in [4.78, 5) is 2.75. The molecule has 0 amide bonds. The molecule has 12 heteroatoms. The Morgan fingerprint density at radius 3 is 2.15 bits per heavy atom. The standard InChI is InChI=1S/C22H14F6N2O3S/c23-21(24,25)14-2-1-3-16(10-14)34(32,33)15-6-4-13(5-7-15)11-30-12-18-17(20(30)31)8-9-19(29-18)22(26,27)28/h1-10,12,31H,11H2. The molecule has 5 nitrogen and oxygen atoms in total. The second-order valence-corrected chi connectivity index (χ2v) is 9.33. The summed E-state index contributed by atoms with van der Waals surface area (Å²) in [5.74, 6) is -0.322. The smallest absolute Gasteiger partial charge is 0.433 e. The normalized spacial score (nSPS) is 12.9. The predicted octanol–water partition coefficient (Wildman–Crippen LogP) is 5.66. The van der Waals surface area contributed by atoms with Crippen molar-refractivity contribution in [1.82, 2.24) is 9.55 Å². The van der Waals surface area contributed by atoms with Gasteiger partial charge in [0.2, 0.25) is 15.7 Å². The van der Waals surface area contributed by atoms with E-state index in [1.807, 2.05) is 0 Å². The van der Waals surface area contributed by atoms with Crippen molar-refractivity contribution in [2.24, 2.45) is 0 Å². The first-order valence-electron chi connectivity index (χ1n) is 9.54. The Labute approximate surface area is 188 Å². The van der Waals surface area contributed by atoms with Crippen molar-refractivity contribution in [3.05, 3.63) is 83.7 Å². The first-order valence-corrected chi connectivity index (χ1v) is 11.0. The summed E-state index contributed by atoms with van der Waals surface area (Å²) >= 11 is 0. The summed E-state index contributed by atoms with van der Waals surface area (Å²) in [5.41, 5.74) is -1.80. The molecule has 4 aromatic rings. The first kappa shape index (κ1) is 23.6. The molecule has 0 atom stereocenters. The summed E-state index contributed by atoms with van der Waals surface area (Å²) in [6, 6.07) is 10.4. The number of hydrogen-bond acceptors (Lipinski definition) is 4.